The molecule has 20 heavy (non-hydrogen) atoms. The summed E-state index contributed by atoms with van der Waals surface area (Å²) in [6, 6.07) is 12.9. The van der Waals surface area contributed by atoms with Gasteiger partial charge in [-0.25, -0.2) is 0 Å². The van der Waals surface area contributed by atoms with Gasteiger partial charge in [0.05, 0.1) is 5.02 Å². The normalized spacial score (nSPS) is 16.4. The first-order valence-electron chi connectivity index (χ1n) is 6.38. The third-order valence-electron chi connectivity index (χ3n) is 3.23. The van der Waals surface area contributed by atoms with Crippen molar-refractivity contribution in [2.45, 2.75) is 12.5 Å². The minimum absolute atomic E-state index is 0.00536. The van der Waals surface area contributed by atoms with Crippen LogP contribution in [0.5, 0.6) is 11.5 Å². The quantitative estimate of drug-likeness (QED) is 0.807. The zero-order chi connectivity index (χ0) is 13.9. The number of hydrogen-bond acceptors (Lipinski definition) is 3. The summed E-state index contributed by atoms with van der Waals surface area (Å²) in [6.07, 6.45) is 1.58. The number of carbonyl (C=O) groups is 1. The highest BCUT2D eigenvalue weighted by Gasteiger charge is 2.23. The summed E-state index contributed by atoms with van der Waals surface area (Å²) in [7, 11) is 0. The number of rotatable bonds is 4. The lowest BCUT2D eigenvalue weighted by molar-refractivity contribution is 0.112. The molecule has 0 N–H and O–H groups in total. The van der Waals surface area contributed by atoms with Crippen LogP contribution in [0.4, 0.5) is 0 Å². The van der Waals surface area contributed by atoms with E-state index in [1.54, 1.807) is 18.2 Å². The molecule has 0 aliphatic carbocycles. The van der Waals surface area contributed by atoms with Crippen LogP contribution in [0.2, 0.25) is 5.02 Å². The fourth-order valence-corrected chi connectivity index (χ4v) is 2.48. The van der Waals surface area contributed by atoms with Crippen LogP contribution in [0.15, 0.2) is 42.5 Å². The lowest BCUT2D eigenvalue weighted by atomic mass is 10.1. The summed E-state index contributed by atoms with van der Waals surface area (Å²) in [4.78, 5) is 10.6. The molecule has 3 nitrogen and oxygen atoms in total. The summed E-state index contributed by atoms with van der Waals surface area (Å²) in [5.41, 5.74) is 1.73. The van der Waals surface area contributed by atoms with E-state index in [1.165, 1.54) is 5.56 Å². The number of aldehydes is 1. The van der Waals surface area contributed by atoms with Crippen LogP contribution >= 0.6 is 11.6 Å². The molecule has 1 atom stereocenters. The van der Waals surface area contributed by atoms with Gasteiger partial charge in [-0.15, -0.1) is 0 Å². The molecule has 102 valence electrons. The van der Waals surface area contributed by atoms with E-state index in [0.29, 0.717) is 22.9 Å². The van der Waals surface area contributed by atoms with Crippen LogP contribution in [0.25, 0.3) is 0 Å². The van der Waals surface area contributed by atoms with Gasteiger partial charge < -0.3 is 9.47 Å². The number of halogens is 1. The van der Waals surface area contributed by atoms with E-state index < -0.39 is 0 Å². The van der Waals surface area contributed by atoms with Crippen molar-refractivity contribution in [3.8, 4) is 11.5 Å². The molecule has 1 heterocycles. The Labute approximate surface area is 122 Å². The number of carbonyl (C=O) groups excluding carboxylic acids is 1. The summed E-state index contributed by atoms with van der Waals surface area (Å²) >= 11 is 6.06. The van der Waals surface area contributed by atoms with Crippen LogP contribution in [0.3, 0.4) is 0 Å². The van der Waals surface area contributed by atoms with E-state index in [4.69, 9.17) is 21.1 Å². The maximum Gasteiger partial charge on any atom is 0.150 e. The smallest absolute Gasteiger partial charge is 0.150 e. The van der Waals surface area contributed by atoms with Crippen molar-refractivity contribution in [2.75, 3.05) is 6.61 Å². The maximum atomic E-state index is 10.6. The van der Waals surface area contributed by atoms with Crippen LogP contribution in [-0.2, 0) is 6.42 Å². The van der Waals surface area contributed by atoms with Crippen molar-refractivity contribution >= 4 is 17.9 Å². The number of ether oxygens (including phenoxy) is 2. The predicted octanol–water partition coefficient (Wildman–Crippen LogP) is 3.54. The van der Waals surface area contributed by atoms with Gasteiger partial charge in [0, 0.05) is 12.0 Å². The van der Waals surface area contributed by atoms with E-state index in [2.05, 4.69) is 6.07 Å². The highest BCUT2D eigenvalue weighted by molar-refractivity contribution is 6.32. The van der Waals surface area contributed by atoms with E-state index in [0.717, 1.165) is 18.5 Å². The molecule has 1 unspecified atom stereocenters. The van der Waals surface area contributed by atoms with Crippen molar-refractivity contribution in [3.05, 3.63) is 58.6 Å². The van der Waals surface area contributed by atoms with E-state index in [-0.39, 0.29) is 6.10 Å². The molecule has 0 bridgehead atoms. The first-order valence-corrected chi connectivity index (χ1v) is 6.76. The van der Waals surface area contributed by atoms with E-state index in [1.807, 2.05) is 18.2 Å². The number of para-hydroxylation sites is 1. The zero-order valence-corrected chi connectivity index (χ0v) is 11.5. The fraction of sp³-hybridized carbons (Fsp3) is 0.188. The van der Waals surface area contributed by atoms with Gasteiger partial charge in [-0.05, 0) is 29.8 Å². The van der Waals surface area contributed by atoms with Crippen molar-refractivity contribution in [1.82, 2.24) is 0 Å². The van der Waals surface area contributed by atoms with Gasteiger partial charge in [0.1, 0.15) is 30.5 Å². The molecule has 0 aromatic heterocycles. The Bertz CT molecular complexity index is 614. The highest BCUT2D eigenvalue weighted by Crippen LogP contribution is 2.30. The first kappa shape index (κ1) is 13.0. The Kier molecular flexibility index (Phi) is 3.61. The molecule has 0 spiro atoms. The zero-order valence-electron chi connectivity index (χ0n) is 10.7. The molecule has 0 radical (unpaired) electrons. The predicted molar refractivity (Wildman–Crippen MR) is 76.9 cm³/mol. The molecule has 1 aliphatic heterocycles. The van der Waals surface area contributed by atoms with Gasteiger partial charge in [-0.3, -0.25) is 4.79 Å². The summed E-state index contributed by atoms with van der Waals surface area (Å²) in [5.74, 6) is 1.49. The number of benzene rings is 2. The number of hydrogen-bond donors (Lipinski definition) is 0. The fourth-order valence-electron chi connectivity index (χ4n) is 2.24. The summed E-state index contributed by atoms with van der Waals surface area (Å²) < 4.78 is 11.5. The lowest BCUT2D eigenvalue weighted by Gasteiger charge is -2.13. The van der Waals surface area contributed by atoms with Gasteiger partial charge in [-0.1, -0.05) is 29.8 Å². The van der Waals surface area contributed by atoms with Crippen molar-refractivity contribution < 1.29 is 14.3 Å². The highest BCUT2D eigenvalue weighted by atomic mass is 35.5. The standard InChI is InChI=1S/C16H13ClO3/c17-14-7-11(9-18)5-6-16(14)19-10-13-8-12-3-1-2-4-15(12)20-13/h1-7,9,13H,8,10H2. The Morgan fingerprint density at radius 2 is 2.15 bits per heavy atom. The molecule has 2 aromatic carbocycles. The van der Waals surface area contributed by atoms with Crippen molar-refractivity contribution in [2.24, 2.45) is 0 Å². The molecule has 0 saturated carbocycles. The lowest BCUT2D eigenvalue weighted by Crippen LogP contribution is -2.22. The molecule has 1 aliphatic rings. The Morgan fingerprint density at radius 1 is 1.30 bits per heavy atom. The summed E-state index contributed by atoms with van der Waals surface area (Å²) in [6.45, 7) is 0.425. The van der Waals surface area contributed by atoms with Crippen LogP contribution in [0.1, 0.15) is 15.9 Å². The van der Waals surface area contributed by atoms with Crippen molar-refractivity contribution in [1.29, 1.82) is 0 Å². The molecule has 4 heteroatoms. The topological polar surface area (TPSA) is 35.5 Å². The second-order valence-corrected chi connectivity index (χ2v) is 5.08. The average molecular weight is 289 g/mol. The molecular weight excluding hydrogens is 276 g/mol. The Morgan fingerprint density at radius 3 is 2.90 bits per heavy atom. The van der Waals surface area contributed by atoms with E-state index >= 15 is 0 Å². The molecule has 0 fully saturated rings. The molecule has 0 amide bonds. The van der Waals surface area contributed by atoms with Gasteiger partial charge >= 0.3 is 0 Å². The first-order chi connectivity index (χ1) is 9.76. The van der Waals surface area contributed by atoms with Gasteiger partial charge in [0.25, 0.3) is 0 Å². The minimum Gasteiger partial charge on any atom is -0.488 e. The maximum absolute atomic E-state index is 10.6. The number of fused-ring (bicyclic) bond motifs is 1. The third-order valence-corrected chi connectivity index (χ3v) is 3.53. The second-order valence-electron chi connectivity index (χ2n) is 4.67. The SMILES string of the molecule is O=Cc1ccc(OCC2Cc3ccccc3O2)c(Cl)c1. The largest absolute Gasteiger partial charge is 0.488 e. The third kappa shape index (κ3) is 2.63. The molecule has 2 aromatic rings. The molecular formula is C16H13ClO3. The van der Waals surface area contributed by atoms with Crippen LogP contribution in [0, 0.1) is 0 Å². The molecule has 0 saturated heterocycles. The van der Waals surface area contributed by atoms with Gasteiger partial charge in [0.2, 0.25) is 0 Å². The average Bonchev–Trinajstić information content (AvgIpc) is 2.88. The molecule has 3 rings (SSSR count). The Balaban J connectivity index is 1.63. The van der Waals surface area contributed by atoms with Gasteiger partial charge in [0.15, 0.2) is 0 Å². The van der Waals surface area contributed by atoms with E-state index in [9.17, 15) is 4.79 Å². The summed E-state index contributed by atoms with van der Waals surface area (Å²) in [5, 5.41) is 0.435. The van der Waals surface area contributed by atoms with Gasteiger partial charge in [-0.2, -0.15) is 0 Å². The monoisotopic (exact) mass is 288 g/mol. The van der Waals surface area contributed by atoms with Crippen LogP contribution in [-0.4, -0.2) is 19.0 Å². The van der Waals surface area contributed by atoms with Crippen LogP contribution < -0.4 is 9.47 Å². The van der Waals surface area contributed by atoms with Crippen molar-refractivity contribution in [3.63, 3.8) is 0 Å². The Hall–Kier alpha value is -2.00. The second kappa shape index (κ2) is 5.55. The minimum atomic E-state index is -0.00536.